The van der Waals surface area contributed by atoms with E-state index in [1.165, 1.54) is 44.3 Å². The number of piperidine rings is 2. The molecule has 0 saturated carbocycles. The van der Waals surface area contributed by atoms with E-state index >= 15 is 0 Å². The summed E-state index contributed by atoms with van der Waals surface area (Å²) in [6.45, 7) is 8.21. The topological polar surface area (TPSA) is 53.0 Å². The number of cyclic esters (lactones) is 1. The third-order valence-corrected chi connectivity index (χ3v) is 7.11. The lowest BCUT2D eigenvalue weighted by Crippen LogP contribution is -2.47. The van der Waals surface area contributed by atoms with Crippen molar-refractivity contribution in [2.75, 3.05) is 39.3 Å². The van der Waals surface area contributed by atoms with E-state index in [9.17, 15) is 9.90 Å². The fraction of sp³-hybridized carbons (Fsp3) is 0.609. The highest BCUT2D eigenvalue weighted by atomic mass is 16.5. The van der Waals surface area contributed by atoms with Crippen LogP contribution in [0, 0.1) is 5.41 Å². The number of esters is 1. The predicted molar refractivity (Wildman–Crippen MR) is 109 cm³/mol. The van der Waals surface area contributed by atoms with Crippen molar-refractivity contribution in [3.63, 3.8) is 0 Å². The molecule has 0 unspecified atom stereocenters. The number of aliphatic hydroxyl groups is 1. The van der Waals surface area contributed by atoms with Gasteiger partial charge in [0.25, 0.3) is 0 Å². The monoisotopic (exact) mass is 384 g/mol. The molecule has 1 N–H and O–H groups in total. The number of allylic oxidation sites excluding steroid dienone is 1. The summed E-state index contributed by atoms with van der Waals surface area (Å²) in [6.07, 6.45) is 8.15. The first-order chi connectivity index (χ1) is 13.6. The van der Waals surface area contributed by atoms with Crippen molar-refractivity contribution in [2.24, 2.45) is 5.41 Å². The standard InChI is InChI=1S/C23H32N2O3/c1-2-20(16-26)25-13-8-23(9-14-25)6-11-24(12-7-23)10-5-18-3-4-21-19(15-18)17-28-22(21)27/h2-4,15,26H,5-14,16-17H2,1H3/b20-2+. The van der Waals surface area contributed by atoms with Crippen molar-refractivity contribution in [1.29, 1.82) is 0 Å². The summed E-state index contributed by atoms with van der Waals surface area (Å²) in [5.74, 6) is -0.186. The molecule has 4 rings (SSSR count). The Morgan fingerprint density at radius 3 is 2.57 bits per heavy atom. The van der Waals surface area contributed by atoms with Gasteiger partial charge in [-0.2, -0.15) is 0 Å². The number of likely N-dealkylation sites (tertiary alicyclic amines) is 2. The highest BCUT2D eigenvalue weighted by Crippen LogP contribution is 2.41. The highest BCUT2D eigenvalue weighted by molar-refractivity contribution is 5.93. The van der Waals surface area contributed by atoms with Crippen molar-refractivity contribution in [3.8, 4) is 0 Å². The highest BCUT2D eigenvalue weighted by Gasteiger charge is 2.37. The normalized spacial score (nSPS) is 22.4. The van der Waals surface area contributed by atoms with E-state index in [0.29, 0.717) is 12.0 Å². The molecule has 3 aliphatic heterocycles. The van der Waals surface area contributed by atoms with E-state index in [2.05, 4.69) is 21.9 Å². The van der Waals surface area contributed by atoms with Gasteiger partial charge in [0.05, 0.1) is 12.2 Å². The van der Waals surface area contributed by atoms with Crippen molar-refractivity contribution >= 4 is 5.97 Å². The van der Waals surface area contributed by atoms with Gasteiger partial charge in [0, 0.05) is 30.9 Å². The maximum atomic E-state index is 11.6. The van der Waals surface area contributed by atoms with Gasteiger partial charge in [-0.15, -0.1) is 0 Å². The van der Waals surface area contributed by atoms with Gasteiger partial charge >= 0.3 is 5.97 Å². The molecule has 5 nitrogen and oxygen atoms in total. The fourth-order valence-electron chi connectivity index (χ4n) is 5.02. The van der Waals surface area contributed by atoms with Crippen LogP contribution in [0.1, 0.15) is 54.1 Å². The summed E-state index contributed by atoms with van der Waals surface area (Å²) in [5.41, 5.74) is 4.65. The zero-order valence-corrected chi connectivity index (χ0v) is 17.0. The third kappa shape index (κ3) is 3.96. The van der Waals surface area contributed by atoms with Crippen LogP contribution in [0.15, 0.2) is 30.0 Å². The first kappa shape index (κ1) is 19.5. The van der Waals surface area contributed by atoms with E-state index in [1.54, 1.807) is 0 Å². The van der Waals surface area contributed by atoms with E-state index in [4.69, 9.17) is 4.74 Å². The molecule has 5 heteroatoms. The summed E-state index contributed by atoms with van der Waals surface area (Å²) in [7, 11) is 0. The molecule has 1 aromatic carbocycles. The summed E-state index contributed by atoms with van der Waals surface area (Å²) in [6, 6.07) is 6.14. The molecule has 0 atom stereocenters. The quantitative estimate of drug-likeness (QED) is 0.791. The molecular weight excluding hydrogens is 352 g/mol. The lowest BCUT2D eigenvalue weighted by molar-refractivity contribution is 0.0420. The molecule has 0 bridgehead atoms. The van der Waals surface area contributed by atoms with Crippen LogP contribution in [0.3, 0.4) is 0 Å². The van der Waals surface area contributed by atoms with Gasteiger partial charge in [-0.3, -0.25) is 0 Å². The van der Waals surface area contributed by atoms with E-state index in [-0.39, 0.29) is 12.6 Å². The Kier molecular flexibility index (Phi) is 5.74. The largest absolute Gasteiger partial charge is 0.457 e. The van der Waals surface area contributed by atoms with Crippen molar-refractivity contribution in [3.05, 3.63) is 46.7 Å². The Balaban J connectivity index is 1.25. The number of nitrogens with zero attached hydrogens (tertiary/aromatic N) is 2. The molecule has 28 heavy (non-hydrogen) atoms. The second-order valence-electron chi connectivity index (χ2n) is 8.58. The van der Waals surface area contributed by atoms with Crippen LogP contribution in [0.2, 0.25) is 0 Å². The Labute approximate surface area is 168 Å². The zero-order valence-electron chi connectivity index (χ0n) is 17.0. The van der Waals surface area contributed by atoms with Crippen LogP contribution in [0.4, 0.5) is 0 Å². The Morgan fingerprint density at radius 2 is 1.89 bits per heavy atom. The number of carbonyl (C=O) groups is 1. The molecule has 1 spiro atoms. The average Bonchev–Trinajstić information content (AvgIpc) is 3.10. The number of fused-ring (bicyclic) bond motifs is 1. The van der Waals surface area contributed by atoms with E-state index < -0.39 is 0 Å². The van der Waals surface area contributed by atoms with Crippen LogP contribution in [0.5, 0.6) is 0 Å². The summed E-state index contributed by atoms with van der Waals surface area (Å²) in [4.78, 5) is 16.5. The van der Waals surface area contributed by atoms with Gasteiger partial charge < -0.3 is 19.6 Å². The minimum absolute atomic E-state index is 0.153. The van der Waals surface area contributed by atoms with Gasteiger partial charge in [0.2, 0.25) is 0 Å². The molecule has 0 radical (unpaired) electrons. The number of hydrogen-bond acceptors (Lipinski definition) is 5. The van der Waals surface area contributed by atoms with Gasteiger partial charge in [0.1, 0.15) is 6.61 Å². The van der Waals surface area contributed by atoms with Crippen LogP contribution in [-0.2, 0) is 17.8 Å². The van der Waals surface area contributed by atoms with Gasteiger partial charge in [-0.1, -0.05) is 18.2 Å². The number of hydrogen-bond donors (Lipinski definition) is 1. The van der Waals surface area contributed by atoms with Crippen LogP contribution in [-0.4, -0.2) is 60.2 Å². The Hall–Kier alpha value is -1.85. The molecule has 2 fully saturated rings. The molecule has 0 aliphatic carbocycles. The third-order valence-electron chi connectivity index (χ3n) is 7.11. The minimum Gasteiger partial charge on any atom is -0.457 e. The summed E-state index contributed by atoms with van der Waals surface area (Å²) < 4.78 is 5.10. The molecular formula is C23H32N2O3. The average molecular weight is 385 g/mol. The molecule has 3 heterocycles. The molecule has 152 valence electrons. The molecule has 3 aliphatic rings. The summed E-state index contributed by atoms with van der Waals surface area (Å²) >= 11 is 0. The minimum atomic E-state index is -0.186. The second kappa shape index (κ2) is 8.26. The smallest absolute Gasteiger partial charge is 0.338 e. The lowest BCUT2D eigenvalue weighted by atomic mass is 9.71. The first-order valence-corrected chi connectivity index (χ1v) is 10.6. The van der Waals surface area contributed by atoms with Crippen molar-refractivity contribution in [1.82, 2.24) is 9.80 Å². The Morgan fingerprint density at radius 1 is 1.18 bits per heavy atom. The first-order valence-electron chi connectivity index (χ1n) is 10.6. The SMILES string of the molecule is C/C=C(\CO)N1CCC2(CCN(CCc3ccc4c(c3)COC4=O)CC2)CC1. The van der Waals surface area contributed by atoms with Crippen LogP contribution < -0.4 is 0 Å². The molecule has 2 saturated heterocycles. The number of ether oxygens (including phenoxy) is 1. The number of aliphatic hydroxyl groups excluding tert-OH is 1. The van der Waals surface area contributed by atoms with Crippen molar-refractivity contribution < 1.29 is 14.6 Å². The summed E-state index contributed by atoms with van der Waals surface area (Å²) in [5, 5.41) is 9.49. The fourth-order valence-corrected chi connectivity index (χ4v) is 5.02. The Bertz CT molecular complexity index is 740. The van der Waals surface area contributed by atoms with Crippen molar-refractivity contribution in [2.45, 2.75) is 45.6 Å². The van der Waals surface area contributed by atoms with Gasteiger partial charge in [-0.05, 0) is 69.2 Å². The van der Waals surface area contributed by atoms with Gasteiger partial charge in [0.15, 0.2) is 0 Å². The lowest BCUT2D eigenvalue weighted by Gasteiger charge is -2.47. The molecule has 0 aromatic heterocycles. The number of rotatable bonds is 5. The number of carbonyl (C=O) groups excluding carboxylic acids is 1. The van der Waals surface area contributed by atoms with Crippen LogP contribution >= 0.6 is 0 Å². The number of benzene rings is 1. The van der Waals surface area contributed by atoms with Crippen LogP contribution in [0.25, 0.3) is 0 Å². The molecule has 0 amide bonds. The van der Waals surface area contributed by atoms with E-state index in [0.717, 1.165) is 42.9 Å². The maximum absolute atomic E-state index is 11.6. The van der Waals surface area contributed by atoms with E-state index in [1.807, 2.05) is 19.1 Å². The second-order valence-corrected chi connectivity index (χ2v) is 8.58. The molecule has 1 aromatic rings. The predicted octanol–water partition coefficient (Wildman–Crippen LogP) is 2.97. The maximum Gasteiger partial charge on any atom is 0.338 e. The zero-order chi connectivity index (χ0) is 19.6. The van der Waals surface area contributed by atoms with Gasteiger partial charge in [-0.25, -0.2) is 4.79 Å².